The molecule has 1 aliphatic heterocycles. The van der Waals surface area contributed by atoms with Crippen LogP contribution in [0, 0.1) is 0 Å². The van der Waals surface area contributed by atoms with E-state index in [1.54, 1.807) is 0 Å². The Morgan fingerprint density at radius 2 is 2.50 bits per heavy atom. The van der Waals surface area contributed by atoms with Crippen molar-refractivity contribution in [1.29, 1.82) is 0 Å². The Bertz CT molecular complexity index is 292. The van der Waals surface area contributed by atoms with Gasteiger partial charge >= 0.3 is 0 Å². The Morgan fingerprint density at radius 1 is 1.64 bits per heavy atom. The highest BCUT2D eigenvalue weighted by atomic mass is 16.5. The number of ether oxygens (including phenoxy) is 1. The van der Waals surface area contributed by atoms with Gasteiger partial charge in [-0.05, 0) is 13.3 Å². The fourth-order valence-corrected chi connectivity index (χ4v) is 1.53. The number of hydrogen-bond acceptors (Lipinski definition) is 5. The topological polar surface area (TPSA) is 74.2 Å². The lowest BCUT2D eigenvalue weighted by atomic mass is 10.1. The lowest BCUT2D eigenvalue weighted by Crippen LogP contribution is -2.18. The van der Waals surface area contributed by atoms with E-state index in [9.17, 15) is 0 Å². The molecule has 1 aliphatic rings. The number of nitrogens with two attached hydrogens (primary N) is 1. The molecule has 2 heterocycles. The predicted octanol–water partition coefficient (Wildman–Crippen LogP) is 0.463. The molecule has 1 saturated heterocycles. The minimum atomic E-state index is 0.0697. The molecule has 0 radical (unpaired) electrons. The van der Waals surface area contributed by atoms with Crippen molar-refractivity contribution in [3.05, 3.63) is 11.7 Å². The molecular weight excluding hydrogens is 182 g/mol. The SMILES string of the molecule is CC(N)Cc1noc(C2CCOC2)n1. The van der Waals surface area contributed by atoms with Crippen molar-refractivity contribution in [2.45, 2.75) is 31.7 Å². The largest absolute Gasteiger partial charge is 0.381 e. The summed E-state index contributed by atoms with van der Waals surface area (Å²) in [6, 6.07) is 0.0697. The summed E-state index contributed by atoms with van der Waals surface area (Å²) in [5, 5.41) is 3.88. The van der Waals surface area contributed by atoms with Crippen molar-refractivity contribution in [3.63, 3.8) is 0 Å². The maximum atomic E-state index is 5.64. The monoisotopic (exact) mass is 197 g/mol. The molecule has 1 aromatic rings. The molecule has 5 heteroatoms. The fourth-order valence-electron chi connectivity index (χ4n) is 1.53. The van der Waals surface area contributed by atoms with Crippen LogP contribution in [0.25, 0.3) is 0 Å². The van der Waals surface area contributed by atoms with Crippen LogP contribution in [-0.2, 0) is 11.2 Å². The summed E-state index contributed by atoms with van der Waals surface area (Å²) in [5.41, 5.74) is 5.64. The van der Waals surface area contributed by atoms with Gasteiger partial charge in [0, 0.05) is 19.1 Å². The Kier molecular flexibility index (Phi) is 2.79. The fraction of sp³-hybridized carbons (Fsp3) is 0.778. The van der Waals surface area contributed by atoms with Gasteiger partial charge in [0.05, 0.1) is 12.5 Å². The predicted molar refractivity (Wildman–Crippen MR) is 49.8 cm³/mol. The third-order valence-corrected chi connectivity index (χ3v) is 2.27. The molecule has 0 spiro atoms. The Hall–Kier alpha value is -0.940. The van der Waals surface area contributed by atoms with Gasteiger partial charge in [-0.25, -0.2) is 0 Å². The summed E-state index contributed by atoms with van der Waals surface area (Å²) in [7, 11) is 0. The Morgan fingerprint density at radius 3 is 3.14 bits per heavy atom. The number of nitrogens with zero attached hydrogens (tertiary/aromatic N) is 2. The first-order valence-corrected chi connectivity index (χ1v) is 4.91. The molecule has 5 nitrogen and oxygen atoms in total. The van der Waals surface area contributed by atoms with Crippen LogP contribution in [0.4, 0.5) is 0 Å². The smallest absolute Gasteiger partial charge is 0.232 e. The van der Waals surface area contributed by atoms with E-state index >= 15 is 0 Å². The molecule has 2 unspecified atom stereocenters. The normalized spacial score (nSPS) is 24.0. The molecule has 0 aliphatic carbocycles. The molecule has 2 rings (SSSR count). The number of hydrogen-bond donors (Lipinski definition) is 1. The van der Waals surface area contributed by atoms with E-state index in [2.05, 4.69) is 10.1 Å². The van der Waals surface area contributed by atoms with Crippen LogP contribution < -0.4 is 5.73 Å². The quantitative estimate of drug-likeness (QED) is 0.762. The first kappa shape index (κ1) is 9.61. The molecule has 1 fully saturated rings. The first-order valence-electron chi connectivity index (χ1n) is 4.91. The Labute approximate surface area is 82.6 Å². The highest BCUT2D eigenvalue weighted by Crippen LogP contribution is 2.23. The number of rotatable bonds is 3. The summed E-state index contributed by atoms with van der Waals surface area (Å²) in [6.07, 6.45) is 1.64. The van der Waals surface area contributed by atoms with Gasteiger partial charge in [-0.1, -0.05) is 5.16 Å². The van der Waals surface area contributed by atoms with Crippen LogP contribution in [0.5, 0.6) is 0 Å². The summed E-state index contributed by atoms with van der Waals surface area (Å²) < 4.78 is 10.4. The average Bonchev–Trinajstić information content (AvgIpc) is 2.69. The molecule has 0 amide bonds. The zero-order valence-corrected chi connectivity index (χ0v) is 8.27. The molecule has 0 bridgehead atoms. The third kappa shape index (κ3) is 2.10. The van der Waals surface area contributed by atoms with Crippen molar-refractivity contribution in [1.82, 2.24) is 10.1 Å². The van der Waals surface area contributed by atoms with Crippen molar-refractivity contribution < 1.29 is 9.26 Å². The highest BCUT2D eigenvalue weighted by molar-refractivity contribution is 4.96. The molecule has 14 heavy (non-hydrogen) atoms. The van der Waals surface area contributed by atoms with Crippen molar-refractivity contribution in [2.75, 3.05) is 13.2 Å². The van der Waals surface area contributed by atoms with E-state index in [0.29, 0.717) is 24.7 Å². The molecule has 1 aromatic heterocycles. The molecular formula is C9H15N3O2. The summed E-state index contributed by atoms with van der Waals surface area (Å²) >= 11 is 0. The van der Waals surface area contributed by atoms with Crippen molar-refractivity contribution in [3.8, 4) is 0 Å². The van der Waals surface area contributed by atoms with E-state index in [0.717, 1.165) is 13.0 Å². The van der Waals surface area contributed by atoms with Crippen molar-refractivity contribution in [2.24, 2.45) is 5.73 Å². The van der Waals surface area contributed by atoms with E-state index in [1.807, 2.05) is 6.92 Å². The van der Waals surface area contributed by atoms with Crippen LogP contribution in [0.2, 0.25) is 0 Å². The minimum Gasteiger partial charge on any atom is -0.381 e. The maximum Gasteiger partial charge on any atom is 0.232 e. The molecule has 0 aromatic carbocycles. The zero-order valence-electron chi connectivity index (χ0n) is 8.27. The van der Waals surface area contributed by atoms with E-state index in [1.165, 1.54) is 0 Å². The molecule has 0 saturated carbocycles. The van der Waals surface area contributed by atoms with Crippen LogP contribution >= 0.6 is 0 Å². The second-order valence-corrected chi connectivity index (χ2v) is 3.79. The third-order valence-electron chi connectivity index (χ3n) is 2.27. The standard InChI is InChI=1S/C9H15N3O2/c1-6(10)4-8-11-9(14-12-8)7-2-3-13-5-7/h6-7H,2-5,10H2,1H3. The van der Waals surface area contributed by atoms with E-state index in [4.69, 9.17) is 15.0 Å². The van der Waals surface area contributed by atoms with Gasteiger partial charge in [0.1, 0.15) is 0 Å². The number of aromatic nitrogens is 2. The first-order chi connectivity index (χ1) is 6.75. The van der Waals surface area contributed by atoms with Crippen LogP contribution in [0.1, 0.15) is 31.0 Å². The van der Waals surface area contributed by atoms with E-state index in [-0.39, 0.29) is 12.0 Å². The average molecular weight is 197 g/mol. The van der Waals surface area contributed by atoms with Crippen LogP contribution in [0.3, 0.4) is 0 Å². The van der Waals surface area contributed by atoms with Gasteiger partial charge < -0.3 is 15.0 Å². The van der Waals surface area contributed by atoms with Gasteiger partial charge in [0.25, 0.3) is 0 Å². The minimum absolute atomic E-state index is 0.0697. The van der Waals surface area contributed by atoms with E-state index < -0.39 is 0 Å². The van der Waals surface area contributed by atoms with Crippen LogP contribution in [0.15, 0.2) is 4.52 Å². The lowest BCUT2D eigenvalue weighted by Gasteiger charge is -1.98. The van der Waals surface area contributed by atoms with Gasteiger partial charge in [0.15, 0.2) is 5.82 Å². The molecule has 78 valence electrons. The highest BCUT2D eigenvalue weighted by Gasteiger charge is 2.23. The zero-order chi connectivity index (χ0) is 9.97. The van der Waals surface area contributed by atoms with Crippen molar-refractivity contribution >= 4 is 0 Å². The Balaban J connectivity index is 2.01. The second-order valence-electron chi connectivity index (χ2n) is 3.79. The summed E-state index contributed by atoms with van der Waals surface area (Å²) in [6.45, 7) is 3.41. The molecule has 2 atom stereocenters. The second kappa shape index (κ2) is 4.06. The van der Waals surface area contributed by atoms with Gasteiger partial charge in [0.2, 0.25) is 5.89 Å². The van der Waals surface area contributed by atoms with Gasteiger partial charge in [-0.15, -0.1) is 0 Å². The van der Waals surface area contributed by atoms with Gasteiger partial charge in [-0.2, -0.15) is 4.98 Å². The van der Waals surface area contributed by atoms with Gasteiger partial charge in [-0.3, -0.25) is 0 Å². The molecule has 2 N–H and O–H groups in total. The summed E-state index contributed by atoms with van der Waals surface area (Å²) in [4.78, 5) is 4.29. The summed E-state index contributed by atoms with van der Waals surface area (Å²) in [5.74, 6) is 1.67. The maximum absolute atomic E-state index is 5.64. The van der Waals surface area contributed by atoms with Crippen LogP contribution in [-0.4, -0.2) is 29.4 Å². The lowest BCUT2D eigenvalue weighted by molar-refractivity contribution is 0.189.